The summed E-state index contributed by atoms with van der Waals surface area (Å²) in [7, 11) is 0. The topological polar surface area (TPSA) is 49.3 Å². The number of aliphatic hydroxyl groups excluding tert-OH is 1. The number of aliphatic hydroxyl groups is 1. The predicted octanol–water partition coefficient (Wildman–Crippen LogP) is 3.48. The summed E-state index contributed by atoms with van der Waals surface area (Å²) in [5, 5.41) is 13.7. The molecular formula is C20H29NO2. The maximum atomic E-state index is 12.5. The Labute approximate surface area is 139 Å². The molecular weight excluding hydrogens is 286 g/mol. The molecule has 5 atom stereocenters. The fraction of sp³-hybridized carbons (Fsp3) is 0.650. The van der Waals surface area contributed by atoms with Gasteiger partial charge in [0.05, 0.1) is 6.10 Å². The molecule has 0 aromatic heterocycles. The number of hydrogen-bond acceptors (Lipinski definition) is 3. The maximum Gasteiger partial charge on any atom is 0.137 e. The van der Waals surface area contributed by atoms with Crippen molar-refractivity contribution in [1.82, 2.24) is 5.32 Å². The number of fused-ring (bicyclic) bond motifs is 1. The molecule has 1 aromatic rings. The number of carbonyl (C=O) groups is 1. The van der Waals surface area contributed by atoms with Crippen LogP contribution in [0.15, 0.2) is 30.3 Å². The van der Waals surface area contributed by atoms with Crippen molar-refractivity contribution in [2.45, 2.75) is 57.6 Å². The second-order valence-corrected chi connectivity index (χ2v) is 7.35. The van der Waals surface area contributed by atoms with Gasteiger partial charge in [-0.15, -0.1) is 0 Å². The summed E-state index contributed by atoms with van der Waals surface area (Å²) in [6.45, 7) is 2.64. The summed E-state index contributed by atoms with van der Waals surface area (Å²) in [6.07, 6.45) is 6.35. The third kappa shape index (κ3) is 3.84. The van der Waals surface area contributed by atoms with E-state index in [1.165, 1.54) is 25.7 Å². The Balaban J connectivity index is 1.43. The average Bonchev–Trinajstić information content (AvgIpc) is 3.18. The van der Waals surface area contributed by atoms with Gasteiger partial charge in [-0.25, -0.2) is 0 Å². The number of hydrogen-bond donors (Lipinski definition) is 2. The smallest absolute Gasteiger partial charge is 0.137 e. The molecule has 2 fully saturated rings. The SMILES string of the molecule is CC(NCCC(=O)C1CCC2CCCC21)C(O)c1ccccc1. The number of nitrogens with one attached hydrogen (secondary N) is 1. The lowest BCUT2D eigenvalue weighted by Gasteiger charge is -2.22. The zero-order valence-electron chi connectivity index (χ0n) is 14.1. The minimum Gasteiger partial charge on any atom is -0.387 e. The molecule has 0 spiro atoms. The van der Waals surface area contributed by atoms with Crippen molar-refractivity contribution >= 4 is 5.78 Å². The van der Waals surface area contributed by atoms with Gasteiger partial charge < -0.3 is 10.4 Å². The molecule has 2 N–H and O–H groups in total. The molecule has 23 heavy (non-hydrogen) atoms. The first-order valence-corrected chi connectivity index (χ1v) is 9.16. The fourth-order valence-corrected chi connectivity index (χ4v) is 4.62. The first-order valence-electron chi connectivity index (χ1n) is 9.16. The van der Waals surface area contributed by atoms with E-state index in [1.807, 2.05) is 37.3 Å². The Bertz CT molecular complexity index is 516. The van der Waals surface area contributed by atoms with Crippen molar-refractivity contribution in [3.63, 3.8) is 0 Å². The molecule has 0 heterocycles. The van der Waals surface area contributed by atoms with E-state index in [-0.39, 0.29) is 6.04 Å². The van der Waals surface area contributed by atoms with Crippen molar-refractivity contribution < 1.29 is 9.90 Å². The van der Waals surface area contributed by atoms with E-state index in [4.69, 9.17) is 0 Å². The molecule has 2 aliphatic carbocycles. The molecule has 0 bridgehead atoms. The van der Waals surface area contributed by atoms with Gasteiger partial charge in [-0.1, -0.05) is 43.2 Å². The van der Waals surface area contributed by atoms with Crippen LogP contribution in [0.4, 0.5) is 0 Å². The molecule has 3 rings (SSSR count). The van der Waals surface area contributed by atoms with Crippen LogP contribution >= 0.6 is 0 Å². The van der Waals surface area contributed by atoms with E-state index < -0.39 is 6.10 Å². The Morgan fingerprint density at radius 3 is 2.78 bits per heavy atom. The molecule has 0 radical (unpaired) electrons. The van der Waals surface area contributed by atoms with E-state index in [1.54, 1.807) is 0 Å². The van der Waals surface area contributed by atoms with Crippen LogP contribution in [0.3, 0.4) is 0 Å². The number of benzene rings is 1. The third-order valence-corrected chi connectivity index (χ3v) is 5.95. The van der Waals surface area contributed by atoms with Gasteiger partial charge in [0.15, 0.2) is 0 Å². The Kier molecular flexibility index (Phi) is 5.50. The second kappa shape index (κ2) is 7.59. The van der Waals surface area contributed by atoms with Gasteiger partial charge in [0.25, 0.3) is 0 Å². The van der Waals surface area contributed by atoms with E-state index in [0.29, 0.717) is 30.6 Å². The standard InChI is InChI=1S/C20H29NO2/c1-14(20(23)16-6-3-2-4-7-16)21-13-12-19(22)18-11-10-15-8-5-9-17(15)18/h2-4,6-7,14-15,17-18,20-21,23H,5,8-13H2,1H3. The van der Waals surface area contributed by atoms with E-state index in [0.717, 1.165) is 17.9 Å². The molecule has 2 aliphatic rings. The summed E-state index contributed by atoms with van der Waals surface area (Å²) in [4.78, 5) is 12.5. The minimum atomic E-state index is -0.531. The summed E-state index contributed by atoms with van der Waals surface area (Å²) in [5.74, 6) is 2.26. The van der Waals surface area contributed by atoms with Gasteiger partial charge in [0.2, 0.25) is 0 Å². The highest BCUT2D eigenvalue weighted by Crippen LogP contribution is 2.48. The number of ketones is 1. The monoisotopic (exact) mass is 315 g/mol. The van der Waals surface area contributed by atoms with Crippen LogP contribution in [0, 0.1) is 17.8 Å². The van der Waals surface area contributed by atoms with Crippen LogP contribution in [0.5, 0.6) is 0 Å². The van der Waals surface area contributed by atoms with Crippen LogP contribution < -0.4 is 5.32 Å². The van der Waals surface area contributed by atoms with Gasteiger partial charge in [-0.3, -0.25) is 4.79 Å². The van der Waals surface area contributed by atoms with Gasteiger partial charge in [-0.05, 0) is 43.6 Å². The first-order chi connectivity index (χ1) is 11.2. The largest absolute Gasteiger partial charge is 0.387 e. The van der Waals surface area contributed by atoms with Crippen molar-refractivity contribution in [2.24, 2.45) is 17.8 Å². The molecule has 0 amide bonds. The quantitative estimate of drug-likeness (QED) is 0.810. The predicted molar refractivity (Wildman–Crippen MR) is 92.0 cm³/mol. The number of rotatable bonds is 7. The van der Waals surface area contributed by atoms with Crippen molar-refractivity contribution in [3.8, 4) is 0 Å². The third-order valence-electron chi connectivity index (χ3n) is 5.95. The highest BCUT2D eigenvalue weighted by atomic mass is 16.3. The zero-order chi connectivity index (χ0) is 16.2. The number of carbonyl (C=O) groups excluding carboxylic acids is 1. The summed E-state index contributed by atoms with van der Waals surface area (Å²) in [5.41, 5.74) is 0.920. The molecule has 3 nitrogen and oxygen atoms in total. The molecule has 126 valence electrons. The van der Waals surface area contributed by atoms with Crippen LogP contribution in [-0.4, -0.2) is 23.5 Å². The van der Waals surface area contributed by atoms with E-state index in [2.05, 4.69) is 5.32 Å². The highest BCUT2D eigenvalue weighted by Gasteiger charge is 2.41. The molecule has 5 unspecified atom stereocenters. The van der Waals surface area contributed by atoms with E-state index in [9.17, 15) is 9.90 Å². The first kappa shape index (κ1) is 16.7. The van der Waals surface area contributed by atoms with Crippen molar-refractivity contribution in [2.75, 3.05) is 6.54 Å². The van der Waals surface area contributed by atoms with Crippen molar-refractivity contribution in [3.05, 3.63) is 35.9 Å². The van der Waals surface area contributed by atoms with Gasteiger partial charge in [0.1, 0.15) is 5.78 Å². The number of Topliss-reactive ketones (excluding diaryl/α,β-unsaturated/α-hetero) is 1. The Hall–Kier alpha value is -1.19. The normalized spacial score (nSPS) is 29.2. The summed E-state index contributed by atoms with van der Waals surface area (Å²) >= 11 is 0. The zero-order valence-corrected chi connectivity index (χ0v) is 14.1. The lowest BCUT2D eigenvalue weighted by Crippen LogP contribution is -2.34. The van der Waals surface area contributed by atoms with Gasteiger partial charge in [-0.2, -0.15) is 0 Å². The van der Waals surface area contributed by atoms with Crippen LogP contribution in [-0.2, 0) is 4.79 Å². The van der Waals surface area contributed by atoms with Crippen LogP contribution in [0.2, 0.25) is 0 Å². The van der Waals surface area contributed by atoms with Crippen LogP contribution in [0.25, 0.3) is 0 Å². The molecule has 0 saturated heterocycles. The molecule has 0 aliphatic heterocycles. The van der Waals surface area contributed by atoms with Crippen molar-refractivity contribution in [1.29, 1.82) is 0 Å². The lowest BCUT2D eigenvalue weighted by molar-refractivity contribution is -0.124. The minimum absolute atomic E-state index is 0.0481. The highest BCUT2D eigenvalue weighted by molar-refractivity contribution is 5.81. The molecule has 3 heteroatoms. The fourth-order valence-electron chi connectivity index (χ4n) is 4.62. The van der Waals surface area contributed by atoms with Crippen LogP contribution in [0.1, 0.15) is 57.1 Å². The lowest BCUT2D eigenvalue weighted by atomic mass is 9.87. The average molecular weight is 315 g/mol. The molecule has 2 saturated carbocycles. The Morgan fingerprint density at radius 1 is 1.22 bits per heavy atom. The maximum absolute atomic E-state index is 12.5. The summed E-state index contributed by atoms with van der Waals surface area (Å²) < 4.78 is 0. The van der Waals surface area contributed by atoms with Gasteiger partial charge >= 0.3 is 0 Å². The van der Waals surface area contributed by atoms with E-state index >= 15 is 0 Å². The molecule has 1 aromatic carbocycles. The van der Waals surface area contributed by atoms with Gasteiger partial charge in [0, 0.05) is 24.9 Å². The second-order valence-electron chi connectivity index (χ2n) is 7.35. The summed E-state index contributed by atoms with van der Waals surface area (Å²) in [6, 6.07) is 9.65. The Morgan fingerprint density at radius 2 is 2.00 bits per heavy atom.